The van der Waals surface area contributed by atoms with Gasteiger partial charge in [-0.2, -0.15) is 8.78 Å². The highest BCUT2D eigenvalue weighted by molar-refractivity contribution is 8.18. The first-order chi connectivity index (χ1) is 7.47. The fourth-order valence-electron chi connectivity index (χ4n) is 1.36. The van der Waals surface area contributed by atoms with E-state index >= 15 is 0 Å². The molecule has 0 saturated carbocycles. The maximum Gasteiger partial charge on any atom is 0.341 e. The Hall–Kier alpha value is -0.590. The minimum Gasteiger partial charge on any atom is -0.352 e. The molecule has 0 bridgehead atoms. The number of halogens is 2. The van der Waals surface area contributed by atoms with Gasteiger partial charge in [-0.25, -0.2) is 4.99 Å². The monoisotopic (exact) mass is 261 g/mol. The fourth-order valence-corrected chi connectivity index (χ4v) is 2.92. The summed E-state index contributed by atoms with van der Waals surface area (Å²) in [5, 5.41) is 6.57. The molecule has 6 heteroatoms. The standard InChI is InChI=1S/C10H9F2NOS2/c1-15-10(14)13-8(9(11,12)16-10)7-5-3-2-4-6-7/h2-6,14H,1H3. The Kier molecular flexibility index (Phi) is 2.98. The number of aliphatic hydroxyl groups is 1. The van der Waals surface area contributed by atoms with Crippen LogP contribution in [0.3, 0.4) is 0 Å². The molecule has 0 fully saturated rings. The van der Waals surface area contributed by atoms with Crippen LogP contribution in [0.1, 0.15) is 5.56 Å². The second-order valence-electron chi connectivity index (χ2n) is 3.20. The summed E-state index contributed by atoms with van der Waals surface area (Å²) in [5.74, 6) is 0. The largest absolute Gasteiger partial charge is 0.352 e. The van der Waals surface area contributed by atoms with Crippen molar-refractivity contribution in [2.45, 2.75) is 9.64 Å². The highest BCUT2D eigenvalue weighted by atomic mass is 32.2. The van der Waals surface area contributed by atoms with Crippen molar-refractivity contribution in [2.75, 3.05) is 6.26 Å². The lowest BCUT2D eigenvalue weighted by molar-refractivity contribution is 0.184. The molecule has 1 N–H and O–H groups in total. The minimum absolute atomic E-state index is 0.155. The molecule has 0 amide bonds. The summed E-state index contributed by atoms with van der Waals surface area (Å²) < 4.78 is 25.5. The third-order valence-corrected chi connectivity index (χ3v) is 4.28. The van der Waals surface area contributed by atoms with E-state index in [0.717, 1.165) is 11.8 Å². The molecule has 1 heterocycles. The van der Waals surface area contributed by atoms with Crippen LogP contribution in [0.5, 0.6) is 0 Å². The second-order valence-corrected chi connectivity index (χ2v) is 5.72. The van der Waals surface area contributed by atoms with Gasteiger partial charge in [0, 0.05) is 5.56 Å². The van der Waals surface area contributed by atoms with E-state index in [1.807, 2.05) is 0 Å². The molecular weight excluding hydrogens is 252 g/mol. The van der Waals surface area contributed by atoms with Crippen molar-refractivity contribution in [3.05, 3.63) is 35.9 Å². The van der Waals surface area contributed by atoms with Gasteiger partial charge < -0.3 is 5.11 Å². The minimum atomic E-state index is -3.15. The van der Waals surface area contributed by atoms with Crippen LogP contribution in [0.25, 0.3) is 0 Å². The topological polar surface area (TPSA) is 32.6 Å². The number of hydrogen-bond acceptors (Lipinski definition) is 4. The van der Waals surface area contributed by atoms with E-state index in [4.69, 9.17) is 0 Å². The number of alkyl halides is 2. The van der Waals surface area contributed by atoms with E-state index < -0.39 is 9.64 Å². The third-order valence-electron chi connectivity index (χ3n) is 2.10. The van der Waals surface area contributed by atoms with Gasteiger partial charge in [-0.05, 0) is 18.0 Å². The highest BCUT2D eigenvalue weighted by Crippen LogP contribution is 2.52. The van der Waals surface area contributed by atoms with E-state index in [1.165, 1.54) is 0 Å². The number of thioether (sulfide) groups is 2. The van der Waals surface area contributed by atoms with Crippen molar-refractivity contribution in [3.63, 3.8) is 0 Å². The molecule has 0 aromatic heterocycles. The van der Waals surface area contributed by atoms with Crippen LogP contribution in [-0.2, 0) is 0 Å². The molecule has 1 aliphatic rings. The fraction of sp³-hybridized carbons (Fsp3) is 0.300. The smallest absolute Gasteiger partial charge is 0.341 e. The predicted molar refractivity (Wildman–Crippen MR) is 64.0 cm³/mol. The number of rotatable bonds is 2. The van der Waals surface area contributed by atoms with Gasteiger partial charge >= 0.3 is 5.25 Å². The van der Waals surface area contributed by atoms with Gasteiger partial charge in [-0.3, -0.25) is 0 Å². The van der Waals surface area contributed by atoms with Gasteiger partial charge in [-0.15, -0.1) is 0 Å². The lowest BCUT2D eigenvalue weighted by Crippen LogP contribution is -2.22. The van der Waals surface area contributed by atoms with Crippen molar-refractivity contribution in [1.82, 2.24) is 0 Å². The summed E-state index contributed by atoms with van der Waals surface area (Å²) in [6, 6.07) is 8.17. The van der Waals surface area contributed by atoms with Crippen LogP contribution >= 0.6 is 23.5 Å². The average molecular weight is 261 g/mol. The Labute approximate surface area is 100 Å². The first-order valence-electron chi connectivity index (χ1n) is 4.48. The molecule has 0 spiro atoms. The molecule has 1 aliphatic heterocycles. The van der Waals surface area contributed by atoms with Gasteiger partial charge in [0.05, 0.1) is 0 Å². The average Bonchev–Trinajstić information content (AvgIpc) is 2.51. The number of nitrogens with zero attached hydrogens (tertiary/aromatic N) is 1. The Morgan fingerprint density at radius 1 is 1.31 bits per heavy atom. The summed E-state index contributed by atoms with van der Waals surface area (Å²) in [7, 11) is 0. The summed E-state index contributed by atoms with van der Waals surface area (Å²) >= 11 is 1.04. The Balaban J connectivity index is 2.44. The summed E-state index contributed by atoms with van der Waals surface area (Å²) in [4.78, 5) is 3.71. The number of aliphatic imine (C=N–C) groups is 1. The number of hydrogen-bond donors (Lipinski definition) is 1. The van der Waals surface area contributed by atoms with Gasteiger partial charge in [0.2, 0.25) is 0 Å². The van der Waals surface area contributed by atoms with E-state index in [1.54, 1.807) is 36.6 Å². The SMILES string of the molecule is CSC1(O)N=C(c2ccccc2)C(F)(F)S1. The highest BCUT2D eigenvalue weighted by Gasteiger charge is 2.53. The summed E-state index contributed by atoms with van der Waals surface area (Å²) in [6.07, 6.45) is 1.54. The Morgan fingerprint density at radius 3 is 2.44 bits per heavy atom. The Bertz CT molecular complexity index is 424. The molecule has 0 saturated heterocycles. The molecule has 2 rings (SSSR count). The zero-order chi connectivity index (χ0) is 11.8. The van der Waals surface area contributed by atoms with Crippen molar-refractivity contribution < 1.29 is 13.9 Å². The van der Waals surface area contributed by atoms with Gasteiger partial charge in [0.1, 0.15) is 5.71 Å². The van der Waals surface area contributed by atoms with E-state index in [2.05, 4.69) is 4.99 Å². The lowest BCUT2D eigenvalue weighted by atomic mass is 10.1. The van der Waals surface area contributed by atoms with E-state index in [9.17, 15) is 13.9 Å². The molecule has 16 heavy (non-hydrogen) atoms. The molecule has 2 nitrogen and oxygen atoms in total. The van der Waals surface area contributed by atoms with Gasteiger partial charge in [0.25, 0.3) is 4.39 Å². The normalized spacial score (nSPS) is 27.9. The van der Waals surface area contributed by atoms with Crippen LogP contribution < -0.4 is 0 Å². The number of benzene rings is 1. The van der Waals surface area contributed by atoms with Crippen molar-refractivity contribution in [1.29, 1.82) is 0 Å². The quantitative estimate of drug-likeness (QED) is 0.831. The van der Waals surface area contributed by atoms with E-state index in [-0.39, 0.29) is 17.5 Å². The predicted octanol–water partition coefficient (Wildman–Crippen LogP) is 2.78. The molecule has 1 aromatic carbocycles. The first kappa shape index (κ1) is 11.9. The third kappa shape index (κ3) is 2.09. The van der Waals surface area contributed by atoms with Crippen molar-refractivity contribution in [2.24, 2.45) is 4.99 Å². The van der Waals surface area contributed by atoms with E-state index in [0.29, 0.717) is 5.56 Å². The zero-order valence-electron chi connectivity index (χ0n) is 8.35. The van der Waals surface area contributed by atoms with Crippen LogP contribution in [0.15, 0.2) is 35.3 Å². The molecule has 1 aromatic rings. The maximum absolute atomic E-state index is 13.6. The van der Waals surface area contributed by atoms with Gasteiger partial charge in [0.15, 0.2) is 0 Å². The van der Waals surface area contributed by atoms with Crippen LogP contribution in [-0.4, -0.2) is 26.7 Å². The Morgan fingerprint density at radius 2 is 1.94 bits per heavy atom. The van der Waals surface area contributed by atoms with Crippen LogP contribution in [0.4, 0.5) is 8.78 Å². The maximum atomic E-state index is 13.6. The van der Waals surface area contributed by atoms with Crippen LogP contribution in [0, 0.1) is 0 Å². The molecule has 1 unspecified atom stereocenters. The zero-order valence-corrected chi connectivity index (χ0v) is 9.99. The lowest BCUT2D eigenvalue weighted by Gasteiger charge is -2.15. The van der Waals surface area contributed by atoms with Crippen molar-refractivity contribution in [3.8, 4) is 0 Å². The molecule has 1 atom stereocenters. The second kappa shape index (κ2) is 4.01. The van der Waals surface area contributed by atoms with Crippen LogP contribution in [0.2, 0.25) is 0 Å². The molecular formula is C10H9F2NOS2. The van der Waals surface area contributed by atoms with Gasteiger partial charge in [-0.1, -0.05) is 42.1 Å². The van der Waals surface area contributed by atoms with Crippen molar-refractivity contribution >= 4 is 29.2 Å². The molecule has 86 valence electrons. The molecule has 0 aliphatic carbocycles. The summed E-state index contributed by atoms with van der Waals surface area (Å²) in [6.45, 7) is 0. The first-order valence-corrected chi connectivity index (χ1v) is 6.52. The summed E-state index contributed by atoms with van der Waals surface area (Å²) in [5.41, 5.74) is -0.0278. The molecule has 0 radical (unpaired) electrons.